The topological polar surface area (TPSA) is 64.3 Å². The van der Waals surface area contributed by atoms with Crippen LogP contribution in [0.2, 0.25) is 0 Å². The molecule has 0 atom stereocenters. The zero-order valence-electron chi connectivity index (χ0n) is 9.29. The molecular weight excluding hydrogens is 211 g/mol. The molecule has 0 saturated carbocycles. The monoisotopic (exact) mass is 226 g/mol. The van der Waals surface area contributed by atoms with Gasteiger partial charge < -0.3 is 10.2 Å². The summed E-state index contributed by atoms with van der Waals surface area (Å²) in [4.78, 5) is 16.2. The maximum Gasteiger partial charge on any atom is 0.254 e. The number of benzene rings is 1. The van der Waals surface area contributed by atoms with Crippen molar-refractivity contribution in [2.24, 2.45) is 5.90 Å². The third-order valence-electron chi connectivity index (χ3n) is 2.01. The van der Waals surface area contributed by atoms with Crippen molar-refractivity contribution in [3.8, 4) is 0 Å². The van der Waals surface area contributed by atoms with Crippen molar-refractivity contribution in [2.75, 3.05) is 6.61 Å². The molecule has 0 heterocycles. The summed E-state index contributed by atoms with van der Waals surface area (Å²) < 4.78 is 13.3. The number of nitrogens with one attached hydrogen (secondary N) is 1. The third-order valence-corrected chi connectivity index (χ3v) is 2.01. The predicted octanol–water partition coefficient (Wildman–Crippen LogP) is 1.22. The molecule has 4 nitrogen and oxygen atoms in total. The Morgan fingerprint density at radius 1 is 1.50 bits per heavy atom. The van der Waals surface area contributed by atoms with E-state index in [1.54, 1.807) is 19.9 Å². The summed E-state index contributed by atoms with van der Waals surface area (Å²) in [6.45, 7) is 3.62. The Hall–Kier alpha value is -1.46. The molecule has 1 aromatic rings. The highest BCUT2D eigenvalue weighted by atomic mass is 19.1. The summed E-state index contributed by atoms with van der Waals surface area (Å²) in [6, 6.07) is 5.79. The predicted molar refractivity (Wildman–Crippen MR) is 58.1 cm³/mol. The van der Waals surface area contributed by atoms with E-state index < -0.39 is 17.3 Å². The summed E-state index contributed by atoms with van der Waals surface area (Å²) in [5, 5.41) is 2.63. The molecule has 0 fully saturated rings. The summed E-state index contributed by atoms with van der Waals surface area (Å²) in [7, 11) is 0. The van der Waals surface area contributed by atoms with Crippen molar-refractivity contribution in [1.82, 2.24) is 5.32 Å². The van der Waals surface area contributed by atoms with Crippen LogP contribution < -0.4 is 11.2 Å². The first-order valence-electron chi connectivity index (χ1n) is 4.85. The summed E-state index contributed by atoms with van der Waals surface area (Å²) in [5.74, 6) is 3.90. The largest absolute Gasteiger partial charge is 0.345 e. The van der Waals surface area contributed by atoms with Gasteiger partial charge in [0.1, 0.15) is 5.82 Å². The first-order valence-corrected chi connectivity index (χ1v) is 4.85. The van der Waals surface area contributed by atoms with Crippen LogP contribution in [-0.2, 0) is 4.84 Å². The van der Waals surface area contributed by atoms with Gasteiger partial charge in [-0.05, 0) is 26.0 Å². The molecule has 0 aliphatic heterocycles. The van der Waals surface area contributed by atoms with Gasteiger partial charge in [0.25, 0.3) is 5.91 Å². The highest BCUT2D eigenvalue weighted by Crippen LogP contribution is 2.09. The van der Waals surface area contributed by atoms with Crippen LogP contribution in [0.25, 0.3) is 0 Å². The second kappa shape index (κ2) is 5.05. The van der Waals surface area contributed by atoms with Crippen molar-refractivity contribution in [3.63, 3.8) is 0 Å². The molecule has 0 radical (unpaired) electrons. The number of hydrogen-bond donors (Lipinski definition) is 2. The Kier molecular flexibility index (Phi) is 3.98. The van der Waals surface area contributed by atoms with Crippen LogP contribution in [-0.4, -0.2) is 18.1 Å². The minimum Gasteiger partial charge on any atom is -0.345 e. The molecular formula is C11H15FN2O2. The molecule has 1 amide bonds. The molecule has 0 aliphatic carbocycles. The highest BCUT2D eigenvalue weighted by Gasteiger charge is 2.22. The maximum absolute atomic E-state index is 13.3. The van der Waals surface area contributed by atoms with Gasteiger partial charge in [0, 0.05) is 0 Å². The lowest BCUT2D eigenvalue weighted by Gasteiger charge is -2.24. The van der Waals surface area contributed by atoms with Crippen LogP contribution in [0.3, 0.4) is 0 Å². The Morgan fingerprint density at radius 2 is 2.12 bits per heavy atom. The molecule has 0 saturated heterocycles. The molecule has 0 unspecified atom stereocenters. The number of carbonyl (C=O) groups excluding carboxylic acids is 1. The lowest BCUT2D eigenvalue weighted by molar-refractivity contribution is 0.0685. The molecule has 0 bridgehead atoms. The van der Waals surface area contributed by atoms with E-state index in [1.807, 2.05) is 0 Å². The molecule has 88 valence electrons. The van der Waals surface area contributed by atoms with Crippen molar-refractivity contribution < 1.29 is 14.0 Å². The Bertz CT molecular complexity index is 380. The molecule has 5 heteroatoms. The molecule has 1 rings (SSSR count). The highest BCUT2D eigenvalue weighted by molar-refractivity contribution is 5.94. The van der Waals surface area contributed by atoms with Gasteiger partial charge >= 0.3 is 0 Å². The van der Waals surface area contributed by atoms with E-state index >= 15 is 0 Å². The van der Waals surface area contributed by atoms with Crippen LogP contribution >= 0.6 is 0 Å². The number of nitrogens with two attached hydrogens (primary N) is 1. The third kappa shape index (κ3) is 3.29. The fourth-order valence-corrected chi connectivity index (χ4v) is 1.26. The summed E-state index contributed by atoms with van der Waals surface area (Å²) >= 11 is 0. The van der Waals surface area contributed by atoms with Gasteiger partial charge in [0.2, 0.25) is 0 Å². The van der Waals surface area contributed by atoms with Crippen LogP contribution in [0.1, 0.15) is 24.2 Å². The number of amides is 1. The van der Waals surface area contributed by atoms with E-state index in [2.05, 4.69) is 10.2 Å². The van der Waals surface area contributed by atoms with E-state index in [-0.39, 0.29) is 12.2 Å². The first kappa shape index (κ1) is 12.6. The molecule has 0 spiro atoms. The normalized spacial score (nSPS) is 11.2. The summed E-state index contributed by atoms with van der Waals surface area (Å²) in [5.41, 5.74) is -0.638. The van der Waals surface area contributed by atoms with Gasteiger partial charge in [-0.15, -0.1) is 0 Å². The molecule has 0 aliphatic rings. The second-order valence-corrected chi connectivity index (χ2v) is 4.13. The van der Waals surface area contributed by atoms with Crippen molar-refractivity contribution >= 4 is 5.91 Å². The smallest absolute Gasteiger partial charge is 0.254 e. The number of halogens is 1. The number of carbonyl (C=O) groups is 1. The van der Waals surface area contributed by atoms with Gasteiger partial charge in [0.05, 0.1) is 17.7 Å². The van der Waals surface area contributed by atoms with E-state index in [1.165, 1.54) is 18.2 Å². The molecule has 3 N–H and O–H groups in total. The second-order valence-electron chi connectivity index (χ2n) is 4.13. The average Bonchev–Trinajstić information content (AvgIpc) is 2.17. The Balaban J connectivity index is 2.77. The van der Waals surface area contributed by atoms with Crippen LogP contribution in [0.15, 0.2) is 24.3 Å². The quantitative estimate of drug-likeness (QED) is 0.759. The maximum atomic E-state index is 13.3. The van der Waals surface area contributed by atoms with Crippen LogP contribution in [0.5, 0.6) is 0 Å². The van der Waals surface area contributed by atoms with Gasteiger partial charge in [-0.25, -0.2) is 10.3 Å². The van der Waals surface area contributed by atoms with Crippen LogP contribution in [0, 0.1) is 5.82 Å². The van der Waals surface area contributed by atoms with E-state index in [4.69, 9.17) is 5.90 Å². The fraction of sp³-hybridized carbons (Fsp3) is 0.364. The fourth-order valence-electron chi connectivity index (χ4n) is 1.26. The van der Waals surface area contributed by atoms with Gasteiger partial charge in [-0.2, -0.15) is 0 Å². The number of hydrogen-bond acceptors (Lipinski definition) is 3. The van der Waals surface area contributed by atoms with Gasteiger partial charge in [-0.3, -0.25) is 4.79 Å². The van der Waals surface area contributed by atoms with Crippen molar-refractivity contribution in [1.29, 1.82) is 0 Å². The summed E-state index contributed by atoms with van der Waals surface area (Å²) in [6.07, 6.45) is 0. The molecule has 16 heavy (non-hydrogen) atoms. The van der Waals surface area contributed by atoms with Gasteiger partial charge in [-0.1, -0.05) is 12.1 Å². The minimum atomic E-state index is -0.645. The van der Waals surface area contributed by atoms with Crippen molar-refractivity contribution in [2.45, 2.75) is 19.4 Å². The number of rotatable bonds is 4. The van der Waals surface area contributed by atoms with E-state index in [0.717, 1.165) is 0 Å². The lowest BCUT2D eigenvalue weighted by Crippen LogP contribution is -2.47. The molecule has 0 aromatic heterocycles. The zero-order valence-corrected chi connectivity index (χ0v) is 9.29. The standard InChI is InChI=1S/C11H15FN2O2/c1-11(2,7-16-13)14-10(15)8-5-3-4-6-9(8)12/h3-6H,7,13H2,1-2H3,(H,14,15). The van der Waals surface area contributed by atoms with Gasteiger partial charge in [0.15, 0.2) is 0 Å². The lowest BCUT2D eigenvalue weighted by atomic mass is 10.1. The van der Waals surface area contributed by atoms with E-state index in [0.29, 0.717) is 0 Å². The average molecular weight is 226 g/mol. The minimum absolute atomic E-state index is 0.00703. The molecule has 1 aromatic carbocycles. The van der Waals surface area contributed by atoms with Crippen molar-refractivity contribution in [3.05, 3.63) is 35.6 Å². The Labute approximate surface area is 93.5 Å². The zero-order chi connectivity index (χ0) is 12.2. The SMILES string of the molecule is CC(C)(CON)NC(=O)c1ccccc1F. The Morgan fingerprint density at radius 3 is 2.69 bits per heavy atom. The first-order chi connectivity index (χ1) is 7.46. The van der Waals surface area contributed by atoms with E-state index in [9.17, 15) is 9.18 Å². The van der Waals surface area contributed by atoms with Crippen LogP contribution in [0.4, 0.5) is 4.39 Å².